The predicted octanol–water partition coefficient (Wildman–Crippen LogP) is 2.24. The Bertz CT molecular complexity index is 314. The summed E-state index contributed by atoms with van der Waals surface area (Å²) in [6, 6.07) is 8.42. The van der Waals surface area contributed by atoms with Crippen molar-refractivity contribution in [3.8, 4) is 0 Å². The fourth-order valence-corrected chi connectivity index (χ4v) is 1.25. The molecule has 0 aliphatic rings. The third-order valence-corrected chi connectivity index (χ3v) is 2.57. The molecule has 82 valence electrons. The standard InChI is InChI=1S/C13H20N2/c1-4-15(3)13(14)10-9-12-7-5-11(2)6-8-12/h5-10,13H,4,14H2,1-3H3/b10-9+. The van der Waals surface area contributed by atoms with E-state index in [0.717, 1.165) is 6.54 Å². The number of aryl methyl sites for hydroxylation is 1. The van der Waals surface area contributed by atoms with Crippen molar-refractivity contribution in [3.05, 3.63) is 41.5 Å². The lowest BCUT2D eigenvalue weighted by Gasteiger charge is -2.19. The zero-order valence-corrected chi connectivity index (χ0v) is 9.77. The van der Waals surface area contributed by atoms with Gasteiger partial charge in [0.25, 0.3) is 0 Å². The normalized spacial score (nSPS) is 13.7. The van der Waals surface area contributed by atoms with Crippen LogP contribution in [0.25, 0.3) is 6.08 Å². The van der Waals surface area contributed by atoms with Crippen LogP contribution in [-0.4, -0.2) is 24.7 Å². The van der Waals surface area contributed by atoms with Gasteiger partial charge >= 0.3 is 0 Å². The van der Waals surface area contributed by atoms with E-state index in [9.17, 15) is 0 Å². The quantitative estimate of drug-likeness (QED) is 0.762. The summed E-state index contributed by atoms with van der Waals surface area (Å²) in [4.78, 5) is 2.09. The first-order valence-electron chi connectivity index (χ1n) is 5.34. The van der Waals surface area contributed by atoms with Crippen molar-refractivity contribution >= 4 is 6.08 Å². The molecule has 0 amide bonds. The van der Waals surface area contributed by atoms with Crippen LogP contribution in [0.4, 0.5) is 0 Å². The molecule has 0 aliphatic heterocycles. The number of nitrogens with zero attached hydrogens (tertiary/aromatic N) is 1. The Labute approximate surface area is 92.4 Å². The Kier molecular flexibility index (Phi) is 4.53. The minimum Gasteiger partial charge on any atom is -0.312 e. The molecule has 0 saturated carbocycles. The van der Waals surface area contributed by atoms with Gasteiger partial charge in [0.1, 0.15) is 0 Å². The van der Waals surface area contributed by atoms with Gasteiger partial charge in [-0.2, -0.15) is 0 Å². The zero-order chi connectivity index (χ0) is 11.3. The second-order valence-electron chi connectivity index (χ2n) is 3.83. The van der Waals surface area contributed by atoms with E-state index in [4.69, 9.17) is 5.73 Å². The summed E-state index contributed by atoms with van der Waals surface area (Å²) in [7, 11) is 2.02. The third-order valence-electron chi connectivity index (χ3n) is 2.57. The van der Waals surface area contributed by atoms with Gasteiger partial charge < -0.3 is 5.73 Å². The van der Waals surface area contributed by atoms with Gasteiger partial charge in [0.05, 0.1) is 6.17 Å². The summed E-state index contributed by atoms with van der Waals surface area (Å²) >= 11 is 0. The number of hydrogen-bond donors (Lipinski definition) is 1. The smallest absolute Gasteiger partial charge is 0.0764 e. The van der Waals surface area contributed by atoms with Crippen molar-refractivity contribution in [2.24, 2.45) is 5.73 Å². The monoisotopic (exact) mass is 204 g/mol. The molecule has 1 rings (SSSR count). The number of rotatable bonds is 4. The first-order chi connectivity index (χ1) is 7.13. The zero-order valence-electron chi connectivity index (χ0n) is 9.77. The van der Waals surface area contributed by atoms with E-state index in [1.165, 1.54) is 11.1 Å². The van der Waals surface area contributed by atoms with Gasteiger partial charge in [0.15, 0.2) is 0 Å². The molecule has 1 aromatic rings. The van der Waals surface area contributed by atoms with E-state index in [1.54, 1.807) is 0 Å². The lowest BCUT2D eigenvalue weighted by molar-refractivity contribution is 0.303. The van der Waals surface area contributed by atoms with Crippen LogP contribution in [0.2, 0.25) is 0 Å². The molecule has 2 nitrogen and oxygen atoms in total. The fourth-order valence-electron chi connectivity index (χ4n) is 1.25. The summed E-state index contributed by atoms with van der Waals surface area (Å²) in [5, 5.41) is 0. The second-order valence-corrected chi connectivity index (χ2v) is 3.83. The van der Waals surface area contributed by atoms with Crippen LogP contribution < -0.4 is 5.73 Å². The molecule has 15 heavy (non-hydrogen) atoms. The highest BCUT2D eigenvalue weighted by Crippen LogP contribution is 2.05. The van der Waals surface area contributed by atoms with Crippen molar-refractivity contribution in [2.75, 3.05) is 13.6 Å². The van der Waals surface area contributed by atoms with E-state index in [2.05, 4.69) is 49.1 Å². The summed E-state index contributed by atoms with van der Waals surface area (Å²) in [5.41, 5.74) is 8.42. The predicted molar refractivity (Wildman–Crippen MR) is 66.5 cm³/mol. The summed E-state index contributed by atoms with van der Waals surface area (Å²) in [5.74, 6) is 0. The Morgan fingerprint density at radius 2 is 1.93 bits per heavy atom. The maximum Gasteiger partial charge on any atom is 0.0764 e. The van der Waals surface area contributed by atoms with E-state index in [-0.39, 0.29) is 6.17 Å². The molecule has 0 saturated heterocycles. The summed E-state index contributed by atoms with van der Waals surface area (Å²) in [6.45, 7) is 5.14. The maximum atomic E-state index is 5.94. The van der Waals surface area contributed by atoms with Gasteiger partial charge in [-0.15, -0.1) is 0 Å². The van der Waals surface area contributed by atoms with Crippen LogP contribution in [0.5, 0.6) is 0 Å². The van der Waals surface area contributed by atoms with Gasteiger partial charge in [-0.05, 0) is 26.1 Å². The highest BCUT2D eigenvalue weighted by molar-refractivity contribution is 5.50. The SMILES string of the molecule is CCN(C)C(N)/C=C/c1ccc(C)cc1. The molecule has 2 heteroatoms. The Morgan fingerprint density at radius 3 is 2.47 bits per heavy atom. The van der Waals surface area contributed by atoms with Crippen molar-refractivity contribution in [1.29, 1.82) is 0 Å². The van der Waals surface area contributed by atoms with Crippen LogP contribution in [0.1, 0.15) is 18.1 Å². The topological polar surface area (TPSA) is 29.3 Å². The third kappa shape index (κ3) is 3.86. The van der Waals surface area contributed by atoms with Gasteiger partial charge in [-0.1, -0.05) is 48.9 Å². The first-order valence-corrected chi connectivity index (χ1v) is 5.34. The average molecular weight is 204 g/mol. The van der Waals surface area contributed by atoms with Gasteiger partial charge in [-0.25, -0.2) is 0 Å². The number of likely N-dealkylation sites (N-methyl/N-ethyl adjacent to an activating group) is 1. The maximum absolute atomic E-state index is 5.94. The Hall–Kier alpha value is -1.12. The molecule has 0 radical (unpaired) electrons. The molecule has 0 spiro atoms. The van der Waals surface area contributed by atoms with Crippen molar-refractivity contribution < 1.29 is 0 Å². The Balaban J connectivity index is 2.61. The lowest BCUT2D eigenvalue weighted by atomic mass is 10.1. The second kappa shape index (κ2) is 5.69. The molecule has 0 aliphatic carbocycles. The molecule has 2 N–H and O–H groups in total. The summed E-state index contributed by atoms with van der Waals surface area (Å²) in [6.07, 6.45) is 4.08. The van der Waals surface area contributed by atoms with Gasteiger partial charge in [-0.3, -0.25) is 4.90 Å². The highest BCUT2D eigenvalue weighted by atomic mass is 15.2. The van der Waals surface area contributed by atoms with Crippen molar-refractivity contribution in [2.45, 2.75) is 20.0 Å². The van der Waals surface area contributed by atoms with Crippen LogP contribution in [0.3, 0.4) is 0 Å². The number of benzene rings is 1. The number of hydrogen-bond acceptors (Lipinski definition) is 2. The summed E-state index contributed by atoms with van der Waals surface area (Å²) < 4.78 is 0. The molecule has 1 aromatic carbocycles. The largest absolute Gasteiger partial charge is 0.312 e. The van der Waals surface area contributed by atoms with Crippen molar-refractivity contribution in [1.82, 2.24) is 4.90 Å². The molecule has 0 aromatic heterocycles. The average Bonchev–Trinajstić information content (AvgIpc) is 2.26. The van der Waals surface area contributed by atoms with E-state index in [0.29, 0.717) is 0 Å². The molecule has 1 unspecified atom stereocenters. The number of nitrogens with two attached hydrogens (primary N) is 1. The molecular formula is C13H20N2. The van der Waals surface area contributed by atoms with Crippen LogP contribution >= 0.6 is 0 Å². The highest BCUT2D eigenvalue weighted by Gasteiger charge is 2.01. The van der Waals surface area contributed by atoms with Crippen LogP contribution in [-0.2, 0) is 0 Å². The molecule has 0 heterocycles. The molecule has 0 fully saturated rings. The molecule has 1 atom stereocenters. The lowest BCUT2D eigenvalue weighted by Crippen LogP contribution is -2.37. The van der Waals surface area contributed by atoms with Gasteiger partial charge in [0.2, 0.25) is 0 Å². The van der Waals surface area contributed by atoms with Crippen molar-refractivity contribution in [3.63, 3.8) is 0 Å². The van der Waals surface area contributed by atoms with Crippen LogP contribution in [0, 0.1) is 6.92 Å². The molecular weight excluding hydrogens is 184 g/mol. The van der Waals surface area contributed by atoms with E-state index >= 15 is 0 Å². The minimum absolute atomic E-state index is 0.00342. The van der Waals surface area contributed by atoms with Gasteiger partial charge in [0, 0.05) is 0 Å². The fraction of sp³-hybridized carbons (Fsp3) is 0.385. The van der Waals surface area contributed by atoms with Crippen LogP contribution in [0.15, 0.2) is 30.3 Å². The first kappa shape index (κ1) is 12.0. The van der Waals surface area contributed by atoms with E-state index < -0.39 is 0 Å². The Morgan fingerprint density at radius 1 is 1.33 bits per heavy atom. The molecule has 0 bridgehead atoms. The van der Waals surface area contributed by atoms with E-state index in [1.807, 2.05) is 13.1 Å². The minimum atomic E-state index is -0.00342.